The normalized spacial score (nSPS) is 13.6. The Morgan fingerprint density at radius 3 is 2.21 bits per heavy atom. The molecule has 0 aromatic heterocycles. The van der Waals surface area contributed by atoms with Crippen LogP contribution in [-0.4, -0.2) is 5.60 Å². The van der Waals surface area contributed by atoms with Crippen molar-refractivity contribution in [2.75, 3.05) is 0 Å². The predicted molar refractivity (Wildman–Crippen MR) is 60.2 cm³/mol. The van der Waals surface area contributed by atoms with Gasteiger partial charge < -0.3 is 4.74 Å². The first-order chi connectivity index (χ1) is 6.53. The molecule has 0 radical (unpaired) electrons. The molecule has 1 nitrogen and oxygen atoms in total. The largest absolute Gasteiger partial charge is 0.364 e. The summed E-state index contributed by atoms with van der Waals surface area (Å²) in [6, 6.07) is 10.1. The number of ether oxygens (including phenoxy) is 1. The smallest absolute Gasteiger partial charge is 0.101 e. The molecule has 1 rings (SSSR count). The first-order valence-corrected chi connectivity index (χ1v) is 4.88. The second-order valence-corrected chi connectivity index (χ2v) is 4.30. The Bertz CT molecular complexity index is 282. The third kappa shape index (κ3) is 3.35. The Hall–Kier alpha value is -1.08. The summed E-state index contributed by atoms with van der Waals surface area (Å²) in [5.41, 5.74) is 1.01. The number of hydrogen-bond acceptors (Lipinski definition) is 1. The van der Waals surface area contributed by atoms with Crippen LogP contribution in [-0.2, 0) is 4.74 Å². The van der Waals surface area contributed by atoms with Gasteiger partial charge in [-0.15, -0.1) is 6.58 Å². The van der Waals surface area contributed by atoms with Gasteiger partial charge in [0, 0.05) is 0 Å². The Kier molecular flexibility index (Phi) is 3.48. The maximum Gasteiger partial charge on any atom is 0.101 e. The van der Waals surface area contributed by atoms with E-state index in [0.717, 1.165) is 5.56 Å². The molecular weight excluding hydrogens is 172 g/mol. The average Bonchev–Trinajstić information content (AvgIpc) is 2.14. The number of hydrogen-bond donors (Lipinski definition) is 0. The molecule has 0 saturated heterocycles. The molecule has 0 saturated carbocycles. The Labute approximate surface area is 86.4 Å². The molecule has 0 N–H and O–H groups in total. The van der Waals surface area contributed by atoms with Gasteiger partial charge >= 0.3 is 0 Å². The molecule has 1 heteroatoms. The molecule has 14 heavy (non-hydrogen) atoms. The van der Waals surface area contributed by atoms with E-state index < -0.39 is 0 Å². The van der Waals surface area contributed by atoms with Crippen LogP contribution >= 0.6 is 0 Å². The van der Waals surface area contributed by atoms with Crippen molar-refractivity contribution in [3.8, 4) is 0 Å². The van der Waals surface area contributed by atoms with Crippen molar-refractivity contribution >= 4 is 0 Å². The molecule has 0 bridgehead atoms. The predicted octanol–water partition coefficient (Wildman–Crippen LogP) is 3.73. The number of benzene rings is 1. The lowest BCUT2D eigenvalue weighted by molar-refractivity contribution is -0.0394. The zero-order valence-corrected chi connectivity index (χ0v) is 9.16. The fraction of sp³-hybridized carbons (Fsp3) is 0.385. The van der Waals surface area contributed by atoms with Crippen LogP contribution in [0, 0.1) is 0 Å². The van der Waals surface area contributed by atoms with Gasteiger partial charge in [0.2, 0.25) is 0 Å². The van der Waals surface area contributed by atoms with Gasteiger partial charge in [0.05, 0.1) is 5.60 Å². The molecule has 0 fully saturated rings. The Morgan fingerprint density at radius 2 is 1.79 bits per heavy atom. The van der Waals surface area contributed by atoms with Crippen molar-refractivity contribution in [3.63, 3.8) is 0 Å². The van der Waals surface area contributed by atoms with Crippen LogP contribution in [0.5, 0.6) is 0 Å². The molecule has 76 valence electrons. The SMILES string of the molecule is C=C[C@@H](OC(C)(C)C)c1ccccc1. The lowest BCUT2D eigenvalue weighted by Gasteiger charge is -2.25. The standard InChI is InChI=1S/C13H18O/c1-5-12(14-13(2,3)4)11-9-7-6-8-10-11/h5-10,12H,1H2,2-4H3/t12-/m1/s1. The maximum atomic E-state index is 5.85. The van der Waals surface area contributed by atoms with Crippen LogP contribution in [0.15, 0.2) is 43.0 Å². The second-order valence-electron chi connectivity index (χ2n) is 4.30. The molecule has 0 amide bonds. The van der Waals surface area contributed by atoms with E-state index in [1.54, 1.807) is 0 Å². The van der Waals surface area contributed by atoms with Crippen LogP contribution < -0.4 is 0 Å². The summed E-state index contributed by atoms with van der Waals surface area (Å²) in [4.78, 5) is 0. The summed E-state index contributed by atoms with van der Waals surface area (Å²) >= 11 is 0. The fourth-order valence-electron chi connectivity index (χ4n) is 1.28. The minimum atomic E-state index is -0.144. The first kappa shape index (κ1) is 11.0. The number of rotatable bonds is 3. The molecule has 0 aliphatic rings. The highest BCUT2D eigenvalue weighted by molar-refractivity contribution is 5.20. The average molecular weight is 190 g/mol. The fourth-order valence-corrected chi connectivity index (χ4v) is 1.28. The van der Waals surface area contributed by atoms with Gasteiger partial charge in [0.15, 0.2) is 0 Å². The molecule has 0 heterocycles. The molecule has 1 aromatic carbocycles. The van der Waals surface area contributed by atoms with Crippen molar-refractivity contribution in [2.45, 2.75) is 32.5 Å². The molecule has 0 unspecified atom stereocenters. The minimum Gasteiger partial charge on any atom is -0.364 e. The van der Waals surface area contributed by atoms with Crippen molar-refractivity contribution < 1.29 is 4.74 Å². The Balaban J connectivity index is 2.78. The molecule has 1 aromatic rings. The summed E-state index contributed by atoms with van der Waals surface area (Å²) in [5.74, 6) is 0. The highest BCUT2D eigenvalue weighted by Gasteiger charge is 2.17. The van der Waals surface area contributed by atoms with Gasteiger partial charge in [-0.05, 0) is 26.3 Å². The summed E-state index contributed by atoms with van der Waals surface area (Å²) in [5, 5.41) is 0. The van der Waals surface area contributed by atoms with Gasteiger partial charge in [-0.1, -0.05) is 36.4 Å². The lowest BCUT2D eigenvalue weighted by Crippen LogP contribution is -2.21. The third-order valence-corrected chi connectivity index (χ3v) is 1.82. The molecule has 0 aliphatic heterocycles. The quantitative estimate of drug-likeness (QED) is 0.660. The monoisotopic (exact) mass is 190 g/mol. The van der Waals surface area contributed by atoms with E-state index >= 15 is 0 Å². The molecule has 0 aliphatic carbocycles. The topological polar surface area (TPSA) is 9.23 Å². The van der Waals surface area contributed by atoms with Crippen LogP contribution in [0.4, 0.5) is 0 Å². The van der Waals surface area contributed by atoms with E-state index in [9.17, 15) is 0 Å². The van der Waals surface area contributed by atoms with Crippen molar-refractivity contribution in [2.24, 2.45) is 0 Å². The van der Waals surface area contributed by atoms with Gasteiger partial charge in [0.25, 0.3) is 0 Å². The van der Waals surface area contributed by atoms with E-state index in [1.165, 1.54) is 0 Å². The van der Waals surface area contributed by atoms with Crippen LogP contribution in [0.1, 0.15) is 32.4 Å². The second kappa shape index (κ2) is 4.43. The lowest BCUT2D eigenvalue weighted by atomic mass is 10.1. The van der Waals surface area contributed by atoms with E-state index in [-0.39, 0.29) is 11.7 Å². The molecular formula is C13H18O. The van der Waals surface area contributed by atoms with E-state index in [0.29, 0.717) is 0 Å². The summed E-state index contributed by atoms with van der Waals surface area (Å²) < 4.78 is 5.85. The van der Waals surface area contributed by atoms with Crippen molar-refractivity contribution in [1.82, 2.24) is 0 Å². The van der Waals surface area contributed by atoms with Gasteiger partial charge in [-0.25, -0.2) is 0 Å². The van der Waals surface area contributed by atoms with Crippen LogP contribution in [0.3, 0.4) is 0 Å². The van der Waals surface area contributed by atoms with E-state index in [2.05, 4.69) is 18.7 Å². The Morgan fingerprint density at radius 1 is 1.21 bits per heavy atom. The zero-order chi connectivity index (χ0) is 10.6. The minimum absolute atomic E-state index is 0.0174. The van der Waals surface area contributed by atoms with Gasteiger partial charge in [-0.2, -0.15) is 0 Å². The van der Waals surface area contributed by atoms with Crippen molar-refractivity contribution in [3.05, 3.63) is 48.6 Å². The van der Waals surface area contributed by atoms with Gasteiger partial charge in [-0.3, -0.25) is 0 Å². The van der Waals surface area contributed by atoms with Crippen molar-refractivity contribution in [1.29, 1.82) is 0 Å². The first-order valence-electron chi connectivity index (χ1n) is 4.88. The molecule has 1 atom stereocenters. The van der Waals surface area contributed by atoms with Crippen LogP contribution in [0.25, 0.3) is 0 Å². The highest BCUT2D eigenvalue weighted by atomic mass is 16.5. The van der Waals surface area contributed by atoms with Crippen LogP contribution in [0.2, 0.25) is 0 Å². The van der Waals surface area contributed by atoms with E-state index in [1.807, 2.05) is 45.0 Å². The van der Waals surface area contributed by atoms with Gasteiger partial charge in [0.1, 0.15) is 6.10 Å². The molecule has 0 spiro atoms. The van der Waals surface area contributed by atoms with E-state index in [4.69, 9.17) is 4.74 Å². The summed E-state index contributed by atoms with van der Waals surface area (Å²) in [7, 11) is 0. The zero-order valence-electron chi connectivity index (χ0n) is 9.16. The summed E-state index contributed by atoms with van der Waals surface area (Å²) in [6.45, 7) is 9.94. The highest BCUT2D eigenvalue weighted by Crippen LogP contribution is 2.24. The third-order valence-electron chi connectivity index (χ3n) is 1.82. The maximum absolute atomic E-state index is 5.85. The summed E-state index contributed by atoms with van der Waals surface area (Å²) in [6.07, 6.45) is 1.82.